The normalized spacial score (nSPS) is 17.8. The van der Waals surface area contributed by atoms with Gasteiger partial charge in [-0.2, -0.15) is 18.2 Å². The number of hydrogen-bond acceptors (Lipinski definition) is 7. The molecule has 2 fully saturated rings. The summed E-state index contributed by atoms with van der Waals surface area (Å²) in [5.41, 5.74) is 2.61. The maximum atomic E-state index is 12.9. The van der Waals surface area contributed by atoms with Crippen LogP contribution < -0.4 is 14.9 Å². The number of rotatable bonds is 8. The lowest BCUT2D eigenvalue weighted by molar-refractivity contribution is -0.127. The number of sulfonamides is 1. The number of fused-ring (bicyclic) bond motifs is 1. The molecular weight excluding hydrogens is 529 g/mol. The van der Waals surface area contributed by atoms with Crippen molar-refractivity contribution in [2.75, 3.05) is 53.9 Å². The Bertz CT molecular complexity index is 1430. The van der Waals surface area contributed by atoms with Gasteiger partial charge in [0.05, 0.1) is 17.7 Å². The van der Waals surface area contributed by atoms with Gasteiger partial charge in [0.15, 0.2) is 0 Å². The fraction of sp³-hybridized carbons (Fsp3) is 0.481. The van der Waals surface area contributed by atoms with Crippen LogP contribution in [0.25, 0.3) is 10.9 Å². The van der Waals surface area contributed by atoms with Crippen LogP contribution in [0.3, 0.4) is 0 Å². The first kappa shape index (κ1) is 27.4. The number of likely N-dealkylation sites (tertiary alicyclic amines) is 1. The van der Waals surface area contributed by atoms with E-state index in [1.807, 2.05) is 12.1 Å². The van der Waals surface area contributed by atoms with Crippen LogP contribution in [0.15, 0.2) is 42.5 Å². The molecule has 2 aliphatic rings. The molecule has 2 saturated heterocycles. The van der Waals surface area contributed by atoms with Crippen molar-refractivity contribution in [3.63, 3.8) is 0 Å². The molecule has 5 rings (SSSR count). The van der Waals surface area contributed by atoms with Crippen LogP contribution in [0.5, 0.6) is 0 Å². The first-order valence-electron chi connectivity index (χ1n) is 13.1. The van der Waals surface area contributed by atoms with Gasteiger partial charge in [-0.25, -0.2) is 13.4 Å². The van der Waals surface area contributed by atoms with E-state index in [0.29, 0.717) is 17.2 Å². The number of hydrogen-bond donors (Lipinski definition) is 2. The number of piperidine rings is 1. The molecule has 1 aromatic heterocycles. The van der Waals surface area contributed by atoms with Crippen LogP contribution in [-0.2, 0) is 23.0 Å². The van der Waals surface area contributed by atoms with Crippen LogP contribution in [0.1, 0.15) is 30.9 Å². The van der Waals surface area contributed by atoms with E-state index in [-0.39, 0.29) is 16.7 Å². The van der Waals surface area contributed by atoms with Crippen molar-refractivity contribution in [1.82, 2.24) is 14.9 Å². The van der Waals surface area contributed by atoms with Crippen molar-refractivity contribution < 1.29 is 21.6 Å². The fourth-order valence-electron chi connectivity index (χ4n) is 5.46. The summed E-state index contributed by atoms with van der Waals surface area (Å²) in [4.78, 5) is 13.7. The van der Waals surface area contributed by atoms with Gasteiger partial charge in [0.2, 0.25) is 16.0 Å². The molecule has 210 valence electrons. The van der Waals surface area contributed by atoms with Gasteiger partial charge in [0, 0.05) is 43.2 Å². The van der Waals surface area contributed by atoms with Crippen LogP contribution in [0.4, 0.5) is 30.6 Å². The number of halogens is 3. The predicted octanol–water partition coefficient (Wildman–Crippen LogP) is 4.64. The predicted molar refractivity (Wildman–Crippen MR) is 148 cm³/mol. The monoisotopic (exact) mass is 562 g/mol. The molecule has 39 heavy (non-hydrogen) atoms. The third-order valence-electron chi connectivity index (χ3n) is 7.65. The average Bonchev–Trinajstić information content (AvgIpc) is 2.87. The van der Waals surface area contributed by atoms with Gasteiger partial charge < -0.3 is 10.2 Å². The van der Waals surface area contributed by atoms with Crippen molar-refractivity contribution >= 4 is 38.4 Å². The molecule has 2 aromatic carbocycles. The van der Waals surface area contributed by atoms with Gasteiger partial charge in [0.1, 0.15) is 5.82 Å². The molecule has 3 aromatic rings. The Labute approximate surface area is 226 Å². The molecule has 12 heteroatoms. The molecule has 0 bridgehead atoms. The van der Waals surface area contributed by atoms with Crippen molar-refractivity contribution in [2.45, 2.75) is 38.9 Å². The van der Waals surface area contributed by atoms with Gasteiger partial charge in [-0.15, -0.1) is 0 Å². The molecule has 1 spiro atoms. The molecule has 0 saturated carbocycles. The van der Waals surface area contributed by atoms with E-state index >= 15 is 0 Å². The highest BCUT2D eigenvalue weighted by Gasteiger charge is 2.45. The summed E-state index contributed by atoms with van der Waals surface area (Å²) in [6, 6.07) is 12.3. The Morgan fingerprint density at radius 2 is 1.67 bits per heavy atom. The van der Waals surface area contributed by atoms with Crippen molar-refractivity contribution in [2.24, 2.45) is 5.41 Å². The zero-order valence-electron chi connectivity index (χ0n) is 22.1. The van der Waals surface area contributed by atoms with E-state index in [1.165, 1.54) is 12.1 Å². The molecule has 0 atom stereocenters. The highest BCUT2D eigenvalue weighted by atomic mass is 32.2. The summed E-state index contributed by atoms with van der Waals surface area (Å²) in [6.45, 7) is 6.05. The minimum Gasteiger partial charge on any atom is -0.357 e. The van der Waals surface area contributed by atoms with E-state index in [9.17, 15) is 21.6 Å². The van der Waals surface area contributed by atoms with Crippen molar-refractivity contribution in [3.05, 3.63) is 53.6 Å². The molecular formula is C27H33F3N6O2S. The van der Waals surface area contributed by atoms with Crippen molar-refractivity contribution in [3.8, 4) is 0 Å². The summed E-state index contributed by atoms with van der Waals surface area (Å²) < 4.78 is 64.8. The molecule has 0 unspecified atom stereocenters. The largest absolute Gasteiger partial charge is 0.393 e. The summed E-state index contributed by atoms with van der Waals surface area (Å²) >= 11 is 0. The topological polar surface area (TPSA) is 90.5 Å². The second-order valence-corrected chi connectivity index (χ2v) is 12.6. The van der Waals surface area contributed by atoms with Crippen LogP contribution in [0.2, 0.25) is 0 Å². The molecule has 2 N–H and O–H groups in total. The highest BCUT2D eigenvalue weighted by Crippen LogP contribution is 2.44. The summed E-state index contributed by atoms with van der Waals surface area (Å²) in [7, 11) is -1.59. The first-order valence-corrected chi connectivity index (χ1v) is 14.7. The molecule has 0 amide bonds. The van der Waals surface area contributed by atoms with Gasteiger partial charge in [-0.05, 0) is 68.2 Å². The average molecular weight is 563 g/mol. The fourth-order valence-corrected chi connectivity index (χ4v) is 6.10. The van der Waals surface area contributed by atoms with Gasteiger partial charge in [-0.3, -0.25) is 9.62 Å². The van der Waals surface area contributed by atoms with E-state index in [0.717, 1.165) is 62.3 Å². The molecule has 0 aliphatic carbocycles. The second-order valence-electron chi connectivity index (χ2n) is 10.6. The number of aromatic nitrogens is 2. The van der Waals surface area contributed by atoms with E-state index in [4.69, 9.17) is 0 Å². The number of anilines is 3. The van der Waals surface area contributed by atoms with Crippen LogP contribution in [0, 0.1) is 5.41 Å². The van der Waals surface area contributed by atoms with E-state index < -0.39 is 22.6 Å². The van der Waals surface area contributed by atoms with E-state index in [1.54, 1.807) is 32.2 Å². The first-order chi connectivity index (χ1) is 18.5. The summed E-state index contributed by atoms with van der Waals surface area (Å²) in [5.74, 6) is 1.19. The minimum atomic E-state index is -4.27. The second kappa shape index (κ2) is 10.5. The zero-order valence-corrected chi connectivity index (χ0v) is 22.9. The molecule has 2 aliphatic heterocycles. The minimum absolute atomic E-state index is 0.0364. The van der Waals surface area contributed by atoms with E-state index in [2.05, 4.69) is 29.8 Å². The van der Waals surface area contributed by atoms with Gasteiger partial charge in [0.25, 0.3) is 0 Å². The molecule has 0 radical (unpaired) electrons. The lowest BCUT2D eigenvalue weighted by Crippen LogP contribution is -2.60. The number of nitrogens with zero attached hydrogens (tertiary/aromatic N) is 4. The molecule has 8 nitrogen and oxygen atoms in total. The van der Waals surface area contributed by atoms with Crippen LogP contribution >= 0.6 is 0 Å². The Morgan fingerprint density at radius 1 is 1.00 bits per heavy atom. The quantitative estimate of drug-likeness (QED) is 0.414. The smallest absolute Gasteiger partial charge is 0.357 e. The van der Waals surface area contributed by atoms with Crippen molar-refractivity contribution in [1.29, 1.82) is 0 Å². The lowest BCUT2D eigenvalue weighted by atomic mass is 9.72. The molecule has 3 heterocycles. The zero-order chi connectivity index (χ0) is 27.8. The number of benzene rings is 2. The maximum absolute atomic E-state index is 12.9. The summed E-state index contributed by atoms with van der Waals surface area (Å²) in [6.07, 6.45) is -3.15. The number of alkyl halides is 3. The third kappa shape index (κ3) is 6.38. The SMILES string of the molecule is CCS(=O)(=O)Nc1ccc(CN2CCC3(CC2)CN(c2nc(NC)nc4cc(CC(F)(F)F)ccc24)C3)cc1. The Morgan fingerprint density at radius 3 is 2.28 bits per heavy atom. The highest BCUT2D eigenvalue weighted by molar-refractivity contribution is 7.92. The van der Waals surface area contributed by atoms with Gasteiger partial charge >= 0.3 is 6.18 Å². The lowest BCUT2D eigenvalue weighted by Gasteiger charge is -2.54. The summed E-state index contributed by atoms with van der Waals surface area (Å²) in [5, 5.41) is 3.70. The Hall–Kier alpha value is -3.12. The Balaban J connectivity index is 1.20. The third-order valence-corrected chi connectivity index (χ3v) is 8.96. The maximum Gasteiger partial charge on any atom is 0.393 e. The number of nitrogens with one attached hydrogen (secondary N) is 2. The van der Waals surface area contributed by atoms with Crippen LogP contribution in [-0.4, -0.2) is 68.4 Å². The van der Waals surface area contributed by atoms with Gasteiger partial charge in [-0.1, -0.05) is 18.2 Å². The standard InChI is InChI=1S/C27H33F3N6O2S/c1-3-39(37,38)34-21-7-4-19(5-8-21)16-35-12-10-26(11-13-35)17-36(18-26)24-22-9-6-20(15-27(28,29)30)14-23(22)32-25(31-2)33-24/h4-9,14,34H,3,10-13,15-18H2,1-2H3,(H,31,32,33). The Kier molecular flexibility index (Phi) is 7.36.